The summed E-state index contributed by atoms with van der Waals surface area (Å²) in [5.41, 5.74) is 4.69. The van der Waals surface area contributed by atoms with Gasteiger partial charge in [-0.05, 0) is 43.5 Å². The number of carbonyl (C=O) groups is 3. The Morgan fingerprint density at radius 3 is 2.50 bits per heavy atom. The second-order valence-electron chi connectivity index (χ2n) is 7.13. The number of hydrogen-bond donors (Lipinski definition) is 1. The third kappa shape index (κ3) is 3.62. The second-order valence-corrected chi connectivity index (χ2v) is 7.13. The van der Waals surface area contributed by atoms with E-state index in [1.54, 1.807) is 12.3 Å². The predicted octanol–water partition coefficient (Wildman–Crippen LogP) is 3.15. The van der Waals surface area contributed by atoms with E-state index >= 15 is 0 Å². The topological polar surface area (TPSA) is 76.4 Å². The van der Waals surface area contributed by atoms with Crippen molar-refractivity contribution in [2.24, 2.45) is 5.92 Å². The van der Waals surface area contributed by atoms with E-state index in [9.17, 15) is 14.4 Å². The fourth-order valence-electron chi connectivity index (χ4n) is 3.87. The Balaban J connectivity index is 1.70. The van der Waals surface area contributed by atoms with Gasteiger partial charge in [0, 0.05) is 30.9 Å². The molecule has 26 heavy (non-hydrogen) atoms. The van der Waals surface area contributed by atoms with Crippen molar-refractivity contribution < 1.29 is 18.8 Å². The first-order valence-corrected chi connectivity index (χ1v) is 8.78. The number of aryl methyl sites for hydroxylation is 3. The van der Waals surface area contributed by atoms with Crippen LogP contribution in [0, 0.1) is 26.7 Å². The maximum atomic E-state index is 12.9. The third-order valence-corrected chi connectivity index (χ3v) is 4.98. The molecule has 1 saturated carbocycles. The van der Waals surface area contributed by atoms with Crippen molar-refractivity contribution in [2.45, 2.75) is 46.1 Å². The van der Waals surface area contributed by atoms with Crippen LogP contribution in [0.3, 0.4) is 0 Å². The van der Waals surface area contributed by atoms with Crippen LogP contribution in [0.4, 0.5) is 0 Å². The van der Waals surface area contributed by atoms with E-state index in [0.29, 0.717) is 6.54 Å². The Hall–Kier alpha value is -2.69. The Kier molecular flexibility index (Phi) is 5.07. The van der Waals surface area contributed by atoms with Crippen LogP contribution in [0.5, 0.6) is 0 Å². The van der Waals surface area contributed by atoms with Crippen LogP contribution in [-0.2, 0) is 20.9 Å². The van der Waals surface area contributed by atoms with Gasteiger partial charge in [0.2, 0.25) is 5.91 Å². The zero-order valence-electron chi connectivity index (χ0n) is 15.3. The number of amides is 1. The van der Waals surface area contributed by atoms with Gasteiger partial charge in [0.05, 0.1) is 12.5 Å². The van der Waals surface area contributed by atoms with Crippen LogP contribution in [0.25, 0.3) is 0 Å². The Morgan fingerprint density at radius 1 is 1.19 bits per heavy atom. The number of nitrogens with one attached hydrogen (secondary N) is 1. The van der Waals surface area contributed by atoms with Crippen LogP contribution >= 0.6 is 0 Å². The molecule has 0 aliphatic heterocycles. The molecule has 5 heteroatoms. The largest absolute Gasteiger partial charge is 0.472 e. The highest BCUT2D eigenvalue weighted by molar-refractivity contribution is 6.15. The average molecular weight is 353 g/mol. The van der Waals surface area contributed by atoms with Crippen molar-refractivity contribution in [3.05, 3.63) is 58.5 Å². The quantitative estimate of drug-likeness (QED) is 0.838. The molecule has 2 unspecified atom stereocenters. The van der Waals surface area contributed by atoms with Crippen LogP contribution in [0.15, 0.2) is 35.1 Å². The van der Waals surface area contributed by atoms with Gasteiger partial charge < -0.3 is 9.73 Å². The van der Waals surface area contributed by atoms with Gasteiger partial charge >= 0.3 is 0 Å². The molecule has 0 radical (unpaired) electrons. The van der Waals surface area contributed by atoms with Gasteiger partial charge in [-0.3, -0.25) is 14.4 Å². The minimum atomic E-state index is -0.734. The fourth-order valence-corrected chi connectivity index (χ4v) is 3.87. The SMILES string of the molecule is Cc1cc(C)c(C2C(=O)CC(CC(=O)NCc3ccoc3)C2=O)c(C)c1. The van der Waals surface area contributed by atoms with E-state index in [-0.39, 0.29) is 30.3 Å². The van der Waals surface area contributed by atoms with Gasteiger partial charge in [-0.25, -0.2) is 0 Å². The first kappa shape index (κ1) is 18.1. The molecule has 3 rings (SSSR count). The highest BCUT2D eigenvalue weighted by atomic mass is 16.3. The number of benzene rings is 1. The Morgan fingerprint density at radius 2 is 1.88 bits per heavy atom. The molecule has 1 fully saturated rings. The lowest BCUT2D eigenvalue weighted by Crippen LogP contribution is -2.27. The maximum absolute atomic E-state index is 12.9. The summed E-state index contributed by atoms with van der Waals surface area (Å²) < 4.78 is 4.96. The average Bonchev–Trinajstić information content (AvgIpc) is 3.16. The molecular formula is C21H23NO4. The molecule has 1 amide bonds. The summed E-state index contributed by atoms with van der Waals surface area (Å²) in [6.07, 6.45) is 3.28. The van der Waals surface area contributed by atoms with E-state index < -0.39 is 11.8 Å². The minimum Gasteiger partial charge on any atom is -0.472 e. The standard InChI is InChI=1S/C21H23NO4/c1-12-6-13(2)19(14(3)7-12)20-17(23)8-16(21(20)25)9-18(24)22-10-15-4-5-26-11-15/h4-7,11,16,20H,8-10H2,1-3H3,(H,22,24). The molecule has 1 aliphatic rings. The van der Waals surface area contributed by atoms with Crippen molar-refractivity contribution in [1.29, 1.82) is 0 Å². The molecule has 1 heterocycles. The smallest absolute Gasteiger partial charge is 0.221 e. The molecule has 1 aromatic carbocycles. The van der Waals surface area contributed by atoms with Crippen LogP contribution in [0.1, 0.15) is 46.6 Å². The van der Waals surface area contributed by atoms with Crippen LogP contribution in [0.2, 0.25) is 0 Å². The first-order valence-electron chi connectivity index (χ1n) is 8.78. The van der Waals surface area contributed by atoms with Crippen LogP contribution in [-0.4, -0.2) is 17.5 Å². The minimum absolute atomic E-state index is 0.0445. The van der Waals surface area contributed by atoms with Crippen molar-refractivity contribution >= 4 is 17.5 Å². The number of carbonyl (C=O) groups excluding carboxylic acids is 3. The zero-order valence-corrected chi connectivity index (χ0v) is 15.3. The summed E-state index contributed by atoms with van der Waals surface area (Å²) >= 11 is 0. The lowest BCUT2D eigenvalue weighted by Gasteiger charge is -2.16. The van der Waals surface area contributed by atoms with E-state index in [0.717, 1.165) is 27.8 Å². The molecule has 136 valence electrons. The van der Waals surface area contributed by atoms with Crippen LogP contribution < -0.4 is 5.32 Å². The maximum Gasteiger partial charge on any atom is 0.221 e. The summed E-state index contributed by atoms with van der Waals surface area (Å²) in [5, 5.41) is 2.77. The molecule has 1 N–H and O–H groups in total. The molecule has 0 bridgehead atoms. The Labute approximate surface area is 152 Å². The lowest BCUT2D eigenvalue weighted by atomic mass is 9.86. The summed E-state index contributed by atoms with van der Waals surface area (Å²) in [6, 6.07) is 5.76. The highest BCUT2D eigenvalue weighted by Crippen LogP contribution is 2.37. The van der Waals surface area contributed by atoms with E-state index in [2.05, 4.69) is 5.32 Å². The summed E-state index contributed by atoms with van der Waals surface area (Å²) in [7, 11) is 0. The van der Waals surface area contributed by atoms with E-state index in [4.69, 9.17) is 4.42 Å². The van der Waals surface area contributed by atoms with Gasteiger partial charge in [0.1, 0.15) is 11.7 Å². The lowest BCUT2D eigenvalue weighted by molar-refractivity contribution is -0.128. The second kappa shape index (κ2) is 7.28. The van der Waals surface area contributed by atoms with Crippen molar-refractivity contribution in [1.82, 2.24) is 5.32 Å². The number of ketones is 2. The summed E-state index contributed by atoms with van der Waals surface area (Å²) in [5.74, 6) is -1.73. The van der Waals surface area contributed by atoms with Gasteiger partial charge in [-0.1, -0.05) is 17.7 Å². The first-order chi connectivity index (χ1) is 12.4. The number of hydrogen-bond acceptors (Lipinski definition) is 4. The monoisotopic (exact) mass is 353 g/mol. The molecule has 2 aromatic rings. The van der Waals surface area contributed by atoms with Crippen molar-refractivity contribution in [3.8, 4) is 0 Å². The molecule has 5 nitrogen and oxygen atoms in total. The van der Waals surface area contributed by atoms with Gasteiger partial charge in [-0.15, -0.1) is 0 Å². The molecule has 1 aliphatic carbocycles. The molecule has 0 spiro atoms. The van der Waals surface area contributed by atoms with E-state index in [1.165, 1.54) is 6.26 Å². The Bertz CT molecular complexity index is 828. The number of Topliss-reactive ketones (excluding diaryl/α,β-unsaturated/α-hetero) is 2. The molecular weight excluding hydrogens is 330 g/mol. The van der Waals surface area contributed by atoms with Gasteiger partial charge in [0.25, 0.3) is 0 Å². The van der Waals surface area contributed by atoms with Gasteiger partial charge in [0.15, 0.2) is 5.78 Å². The van der Waals surface area contributed by atoms with Gasteiger partial charge in [-0.2, -0.15) is 0 Å². The predicted molar refractivity (Wildman–Crippen MR) is 96.7 cm³/mol. The molecule has 2 atom stereocenters. The number of furan rings is 1. The highest BCUT2D eigenvalue weighted by Gasteiger charge is 2.43. The zero-order chi connectivity index (χ0) is 18.8. The number of rotatable bonds is 5. The van der Waals surface area contributed by atoms with E-state index in [1.807, 2.05) is 32.9 Å². The van der Waals surface area contributed by atoms with Crippen molar-refractivity contribution in [3.63, 3.8) is 0 Å². The fraction of sp³-hybridized carbons (Fsp3) is 0.381. The summed E-state index contributed by atoms with van der Waals surface area (Å²) in [6.45, 7) is 6.21. The normalized spacial score (nSPS) is 19.8. The molecule has 1 aromatic heterocycles. The molecule has 0 saturated heterocycles. The van der Waals surface area contributed by atoms with Crippen molar-refractivity contribution in [2.75, 3.05) is 0 Å². The third-order valence-electron chi connectivity index (χ3n) is 4.98. The summed E-state index contributed by atoms with van der Waals surface area (Å²) in [4.78, 5) is 37.6.